The fourth-order valence-electron chi connectivity index (χ4n) is 4.29. The van der Waals surface area contributed by atoms with Crippen LogP contribution in [0.3, 0.4) is 0 Å². The van der Waals surface area contributed by atoms with Gasteiger partial charge in [-0.25, -0.2) is 0 Å². The number of esters is 2. The van der Waals surface area contributed by atoms with Gasteiger partial charge in [-0.1, -0.05) is 0 Å². The SMILES string of the molecule is C=C(S/C=C(/C(=O)OC)C(C)CC)C(CC(C(C)C)N(COC(=O)CCC)[C](=[V])CCCC)C1CC1.[CH3-]. The molecule has 0 radical (unpaired) electrons. The van der Waals surface area contributed by atoms with Crippen LogP contribution in [0.25, 0.3) is 0 Å². The van der Waals surface area contributed by atoms with E-state index in [1.54, 1.807) is 11.8 Å². The Morgan fingerprint density at radius 2 is 1.78 bits per heavy atom. The molecule has 1 fully saturated rings. The van der Waals surface area contributed by atoms with Gasteiger partial charge < -0.3 is 7.43 Å². The molecule has 213 valence electrons. The maximum atomic E-state index is 12.3. The second kappa shape index (κ2) is 19.3. The monoisotopic (exact) mass is 573 g/mol. The van der Waals surface area contributed by atoms with Crippen molar-refractivity contribution in [3.8, 4) is 0 Å². The fourth-order valence-corrected chi connectivity index (χ4v) is 5.93. The standard InChI is InChI=1S/C29H49NO4S.CH3.V/c1-9-12-13-17-30(20-34-28(31)14-10-2)27(21(4)5)18-25(24-15-16-24)23(7)35-19-26(22(6)11-3)29(32)33-8;;/h19,21-22,24-25,27H,7,9-16,18,20H2,1-6,8H3;1H3;/q;-1;/b26-19+;;. The summed E-state index contributed by atoms with van der Waals surface area (Å²) in [7, 11) is 1.44. The number of rotatable bonds is 19. The van der Waals surface area contributed by atoms with Crippen LogP contribution in [0.15, 0.2) is 22.5 Å². The largest absolute Gasteiger partial charge is 0.358 e. The van der Waals surface area contributed by atoms with E-state index in [0.29, 0.717) is 36.5 Å². The molecule has 0 aromatic heterocycles. The summed E-state index contributed by atoms with van der Waals surface area (Å²) in [4.78, 5) is 28.0. The van der Waals surface area contributed by atoms with E-state index in [4.69, 9.17) is 9.47 Å². The van der Waals surface area contributed by atoms with E-state index < -0.39 is 0 Å². The first kappa shape index (κ1) is 36.2. The molecule has 0 aromatic rings. The number of ether oxygens (including phenoxy) is 2. The number of hydrogen-bond acceptors (Lipinski definition) is 6. The zero-order valence-electron chi connectivity index (χ0n) is 24.7. The van der Waals surface area contributed by atoms with E-state index in [0.717, 1.165) is 43.4 Å². The Morgan fingerprint density at radius 3 is 2.27 bits per heavy atom. The number of methoxy groups -OCH3 is 1. The van der Waals surface area contributed by atoms with Crippen molar-refractivity contribution in [1.29, 1.82) is 0 Å². The van der Waals surface area contributed by atoms with Crippen LogP contribution in [0.5, 0.6) is 0 Å². The Balaban J connectivity index is 0.0000130. The molecule has 1 saturated carbocycles. The molecule has 37 heavy (non-hydrogen) atoms. The normalized spacial score (nSPS) is 16.1. The van der Waals surface area contributed by atoms with E-state index in [9.17, 15) is 9.59 Å². The van der Waals surface area contributed by atoms with Crippen LogP contribution in [0, 0.1) is 31.1 Å². The Hall–Kier alpha value is -0.816. The number of allylic oxidation sites excluding steroid dienone is 1. The Labute approximate surface area is 241 Å². The number of nitrogens with zero attached hydrogens (tertiary/aromatic N) is 1. The predicted molar refractivity (Wildman–Crippen MR) is 154 cm³/mol. The maximum Gasteiger partial charge on any atom is -0.358 e. The van der Waals surface area contributed by atoms with Crippen molar-refractivity contribution in [1.82, 2.24) is 4.90 Å². The number of thioether (sulfide) groups is 1. The van der Waals surface area contributed by atoms with Gasteiger partial charge in [0.15, 0.2) is 0 Å². The van der Waals surface area contributed by atoms with Crippen LogP contribution in [0.2, 0.25) is 0 Å². The van der Waals surface area contributed by atoms with Gasteiger partial charge in [0.2, 0.25) is 0 Å². The summed E-state index contributed by atoms with van der Waals surface area (Å²) in [5.41, 5.74) is 0.714. The second-order valence-corrected chi connectivity index (χ2v) is 12.1. The van der Waals surface area contributed by atoms with Crippen LogP contribution in [-0.2, 0) is 36.0 Å². The van der Waals surface area contributed by atoms with Gasteiger partial charge in [0.25, 0.3) is 0 Å². The molecule has 1 aliphatic rings. The molecule has 1 rings (SSSR count). The smallest absolute Gasteiger partial charge is 0.358 e. The van der Waals surface area contributed by atoms with Crippen molar-refractivity contribution < 1.29 is 36.0 Å². The van der Waals surface area contributed by atoms with Gasteiger partial charge in [-0.2, -0.15) is 0 Å². The molecule has 0 aromatic carbocycles. The van der Waals surface area contributed by atoms with Crippen molar-refractivity contribution in [2.45, 2.75) is 105 Å². The average Bonchev–Trinajstić information content (AvgIpc) is 3.69. The zero-order chi connectivity index (χ0) is 27.3. The molecule has 3 unspecified atom stereocenters. The summed E-state index contributed by atoms with van der Waals surface area (Å²) in [6.07, 6.45) is 8.73. The first-order valence-corrected chi connectivity index (χ1v) is 15.3. The van der Waals surface area contributed by atoms with Crippen LogP contribution in [-0.4, -0.2) is 41.1 Å². The quantitative estimate of drug-likeness (QED) is 0.0683. The van der Waals surface area contributed by atoms with Gasteiger partial charge >= 0.3 is 234 Å². The van der Waals surface area contributed by atoms with Gasteiger partial charge in [-0.3, -0.25) is 0 Å². The molecule has 0 saturated heterocycles. The molecule has 7 heteroatoms. The molecule has 0 bridgehead atoms. The van der Waals surface area contributed by atoms with E-state index in [-0.39, 0.29) is 31.3 Å². The van der Waals surface area contributed by atoms with Crippen LogP contribution in [0.1, 0.15) is 99.3 Å². The van der Waals surface area contributed by atoms with Gasteiger partial charge in [0.05, 0.1) is 0 Å². The van der Waals surface area contributed by atoms with Crippen LogP contribution < -0.4 is 0 Å². The molecule has 3 atom stereocenters. The Bertz CT molecular complexity index is 763. The molecule has 5 nitrogen and oxygen atoms in total. The van der Waals surface area contributed by atoms with Crippen molar-refractivity contribution in [2.24, 2.45) is 23.7 Å². The molecule has 0 aliphatic heterocycles. The van der Waals surface area contributed by atoms with Crippen molar-refractivity contribution >= 4 is 28.1 Å². The third-order valence-electron chi connectivity index (χ3n) is 7.08. The molecule has 0 spiro atoms. The summed E-state index contributed by atoms with van der Waals surface area (Å²) in [6.45, 7) is 17.6. The van der Waals surface area contributed by atoms with Crippen molar-refractivity contribution in [2.75, 3.05) is 13.8 Å². The first-order chi connectivity index (χ1) is 17.1. The first-order valence-electron chi connectivity index (χ1n) is 13.7. The Morgan fingerprint density at radius 1 is 1.14 bits per heavy atom. The van der Waals surface area contributed by atoms with E-state index in [2.05, 4.69) is 63.1 Å². The molecular formula is C30H52NO4SV-. The average molecular weight is 574 g/mol. The molecule has 0 N–H and O–H groups in total. The minimum Gasteiger partial charge on any atom is -0.358 e. The number of carbonyl (C=O) groups is 2. The number of hydrogen-bond donors (Lipinski definition) is 0. The summed E-state index contributed by atoms with van der Waals surface area (Å²) < 4.78 is 12.0. The second-order valence-electron chi connectivity index (χ2n) is 10.3. The van der Waals surface area contributed by atoms with Gasteiger partial charge in [0, 0.05) is 0 Å². The Kier molecular flexibility index (Phi) is 18.9. The molecule has 0 heterocycles. The number of unbranched alkanes of at least 4 members (excludes halogenated alkanes) is 1. The summed E-state index contributed by atoms with van der Waals surface area (Å²) in [5, 5.41) is 1.96. The summed E-state index contributed by atoms with van der Waals surface area (Å²) in [5.74, 6) is 1.10. The van der Waals surface area contributed by atoms with Crippen LogP contribution in [0.4, 0.5) is 0 Å². The summed E-state index contributed by atoms with van der Waals surface area (Å²) >= 11 is 4.33. The molecular weight excluding hydrogens is 521 g/mol. The molecule has 0 amide bonds. The van der Waals surface area contributed by atoms with Crippen molar-refractivity contribution in [3.05, 3.63) is 29.9 Å². The van der Waals surface area contributed by atoms with Gasteiger partial charge in [0.1, 0.15) is 0 Å². The topological polar surface area (TPSA) is 55.8 Å². The van der Waals surface area contributed by atoms with E-state index in [1.165, 1.54) is 24.3 Å². The van der Waals surface area contributed by atoms with Crippen LogP contribution >= 0.6 is 11.8 Å². The van der Waals surface area contributed by atoms with Crippen molar-refractivity contribution in [3.63, 3.8) is 0 Å². The predicted octanol–water partition coefficient (Wildman–Crippen LogP) is 7.70. The maximum absolute atomic E-state index is 12.3. The third kappa shape index (κ3) is 12.7. The fraction of sp³-hybridized carbons (Fsp3) is 0.733. The zero-order valence-corrected chi connectivity index (χ0v) is 26.9. The van der Waals surface area contributed by atoms with Gasteiger partial charge in [-0.15, -0.1) is 0 Å². The van der Waals surface area contributed by atoms with E-state index >= 15 is 0 Å². The van der Waals surface area contributed by atoms with Gasteiger partial charge in [-0.05, 0) is 0 Å². The number of carbonyl (C=O) groups excluding carboxylic acids is 2. The molecule has 1 aliphatic carbocycles. The van der Waals surface area contributed by atoms with E-state index in [1.807, 2.05) is 12.3 Å². The minimum atomic E-state index is -0.258. The summed E-state index contributed by atoms with van der Waals surface area (Å²) in [6, 6.07) is 0.232. The minimum absolute atomic E-state index is 0. The third-order valence-corrected chi connectivity index (χ3v) is 8.80.